The monoisotopic (exact) mass is 170 g/mol. The van der Waals surface area contributed by atoms with Crippen LogP contribution in [0, 0.1) is 6.92 Å². The van der Waals surface area contributed by atoms with Crippen molar-refractivity contribution in [2.75, 3.05) is 6.54 Å². The molecule has 0 aromatic carbocycles. The number of rotatable bonds is 4. The summed E-state index contributed by atoms with van der Waals surface area (Å²) in [6.45, 7) is 2.20. The van der Waals surface area contributed by atoms with E-state index < -0.39 is 5.91 Å². The maximum absolute atomic E-state index is 10.3. The molecule has 0 unspecified atom stereocenters. The molecule has 0 aliphatic rings. The molecular formula is C6H10N4O2. The molecule has 12 heavy (non-hydrogen) atoms. The Kier molecular flexibility index (Phi) is 2.76. The first-order chi connectivity index (χ1) is 5.68. The van der Waals surface area contributed by atoms with Crippen molar-refractivity contribution in [1.29, 1.82) is 0 Å². The lowest BCUT2D eigenvalue weighted by atomic mass is 10.5. The summed E-state index contributed by atoms with van der Waals surface area (Å²) in [5.41, 5.74) is 4.89. The van der Waals surface area contributed by atoms with Crippen molar-refractivity contribution in [2.24, 2.45) is 5.73 Å². The van der Waals surface area contributed by atoms with Gasteiger partial charge in [-0.3, -0.25) is 10.1 Å². The number of nitrogens with one attached hydrogen (secondary N) is 1. The highest BCUT2D eigenvalue weighted by atomic mass is 16.5. The van der Waals surface area contributed by atoms with Gasteiger partial charge in [0.15, 0.2) is 5.82 Å². The number of primary amides is 1. The second kappa shape index (κ2) is 3.82. The zero-order valence-electron chi connectivity index (χ0n) is 6.70. The number of carbonyl (C=O) groups is 1. The lowest BCUT2D eigenvalue weighted by molar-refractivity contribution is -0.117. The van der Waals surface area contributed by atoms with E-state index in [9.17, 15) is 4.79 Å². The molecule has 0 aliphatic carbocycles. The fraction of sp³-hybridized carbons (Fsp3) is 0.500. The van der Waals surface area contributed by atoms with Crippen molar-refractivity contribution in [3.05, 3.63) is 11.7 Å². The third-order valence-corrected chi connectivity index (χ3v) is 1.15. The molecule has 1 aromatic rings. The molecule has 0 aliphatic heterocycles. The van der Waals surface area contributed by atoms with Crippen LogP contribution in [-0.4, -0.2) is 22.6 Å². The molecule has 3 N–H and O–H groups in total. The summed E-state index contributed by atoms with van der Waals surface area (Å²) >= 11 is 0. The van der Waals surface area contributed by atoms with Gasteiger partial charge in [-0.25, -0.2) is 0 Å². The molecule has 0 radical (unpaired) electrons. The highest BCUT2D eigenvalue weighted by Crippen LogP contribution is 1.93. The minimum Gasteiger partial charge on any atom is -0.369 e. The van der Waals surface area contributed by atoms with Crippen LogP contribution < -0.4 is 11.1 Å². The predicted molar refractivity (Wildman–Crippen MR) is 39.9 cm³/mol. The second-order valence-electron chi connectivity index (χ2n) is 2.31. The summed E-state index contributed by atoms with van der Waals surface area (Å²) in [4.78, 5) is 14.2. The molecule has 0 atom stereocenters. The number of hydrogen-bond donors (Lipinski definition) is 2. The first kappa shape index (κ1) is 8.66. The average Bonchev–Trinajstić information content (AvgIpc) is 2.35. The van der Waals surface area contributed by atoms with Crippen molar-refractivity contribution in [1.82, 2.24) is 15.5 Å². The van der Waals surface area contributed by atoms with Gasteiger partial charge in [0.2, 0.25) is 11.8 Å². The van der Waals surface area contributed by atoms with Crippen molar-refractivity contribution >= 4 is 5.91 Å². The molecule has 1 rings (SSSR count). The van der Waals surface area contributed by atoms with E-state index in [4.69, 9.17) is 10.3 Å². The fourth-order valence-corrected chi connectivity index (χ4v) is 0.704. The van der Waals surface area contributed by atoms with E-state index in [1.807, 2.05) is 0 Å². The van der Waals surface area contributed by atoms with E-state index in [1.54, 1.807) is 6.92 Å². The molecule has 0 bridgehead atoms. The number of carbonyl (C=O) groups excluding carboxylic acids is 1. The molecule has 6 heteroatoms. The van der Waals surface area contributed by atoms with Crippen LogP contribution in [0.15, 0.2) is 4.52 Å². The normalized spacial score (nSPS) is 10.1. The topological polar surface area (TPSA) is 94.0 Å². The molecule has 0 saturated heterocycles. The maximum Gasteiger partial charge on any atom is 0.240 e. The van der Waals surface area contributed by atoms with Crippen molar-refractivity contribution in [2.45, 2.75) is 13.5 Å². The third kappa shape index (κ3) is 2.67. The summed E-state index contributed by atoms with van der Waals surface area (Å²) in [7, 11) is 0. The SMILES string of the molecule is Cc1noc(CNCC(N)=O)n1. The van der Waals surface area contributed by atoms with Gasteiger partial charge in [-0.15, -0.1) is 0 Å². The van der Waals surface area contributed by atoms with Gasteiger partial charge in [-0.1, -0.05) is 5.16 Å². The minimum absolute atomic E-state index is 0.113. The van der Waals surface area contributed by atoms with Crippen LogP contribution in [0.2, 0.25) is 0 Å². The zero-order chi connectivity index (χ0) is 8.97. The summed E-state index contributed by atoms with van der Waals surface area (Å²) < 4.78 is 4.77. The maximum atomic E-state index is 10.3. The molecule has 66 valence electrons. The summed E-state index contributed by atoms with van der Waals surface area (Å²) in [5, 5.41) is 6.32. The number of nitrogens with zero attached hydrogens (tertiary/aromatic N) is 2. The lowest BCUT2D eigenvalue weighted by Crippen LogP contribution is -2.28. The molecule has 6 nitrogen and oxygen atoms in total. The molecule has 1 heterocycles. The van der Waals surface area contributed by atoms with Crippen molar-refractivity contribution < 1.29 is 9.32 Å². The van der Waals surface area contributed by atoms with Crippen LogP contribution in [0.4, 0.5) is 0 Å². The smallest absolute Gasteiger partial charge is 0.240 e. The predicted octanol–water partition coefficient (Wildman–Crippen LogP) is -1.05. The van der Waals surface area contributed by atoms with E-state index in [2.05, 4.69) is 15.5 Å². The van der Waals surface area contributed by atoms with Crippen LogP contribution in [0.5, 0.6) is 0 Å². The Balaban J connectivity index is 2.29. The number of hydrogen-bond acceptors (Lipinski definition) is 5. The van der Waals surface area contributed by atoms with Gasteiger partial charge >= 0.3 is 0 Å². The highest BCUT2D eigenvalue weighted by molar-refractivity contribution is 5.75. The summed E-state index contributed by atoms with van der Waals surface area (Å²) in [5.74, 6) is 0.617. The Morgan fingerprint density at radius 2 is 2.50 bits per heavy atom. The first-order valence-electron chi connectivity index (χ1n) is 3.46. The Hall–Kier alpha value is -1.43. The quantitative estimate of drug-likeness (QED) is 0.601. The number of aryl methyl sites for hydroxylation is 1. The van der Waals surface area contributed by atoms with Crippen LogP contribution in [-0.2, 0) is 11.3 Å². The largest absolute Gasteiger partial charge is 0.369 e. The van der Waals surface area contributed by atoms with Gasteiger partial charge in [-0.05, 0) is 6.92 Å². The van der Waals surface area contributed by atoms with Crippen LogP contribution in [0.1, 0.15) is 11.7 Å². The van der Waals surface area contributed by atoms with Crippen molar-refractivity contribution in [3.63, 3.8) is 0 Å². The van der Waals surface area contributed by atoms with Crippen molar-refractivity contribution in [3.8, 4) is 0 Å². The summed E-state index contributed by atoms with van der Waals surface area (Å²) in [6, 6.07) is 0. The van der Waals surface area contributed by atoms with Gasteiger partial charge in [-0.2, -0.15) is 4.98 Å². The van der Waals surface area contributed by atoms with Crippen LogP contribution in [0.3, 0.4) is 0 Å². The molecule has 1 amide bonds. The van der Waals surface area contributed by atoms with Gasteiger partial charge in [0.25, 0.3) is 0 Å². The Labute approximate surface area is 69.1 Å². The molecule has 0 saturated carbocycles. The van der Waals surface area contributed by atoms with E-state index >= 15 is 0 Å². The first-order valence-corrected chi connectivity index (χ1v) is 3.46. The van der Waals surface area contributed by atoms with Gasteiger partial charge < -0.3 is 10.3 Å². The standard InChI is InChI=1S/C6H10N4O2/c1-4-9-6(12-10-4)3-8-2-5(7)11/h8H,2-3H2,1H3,(H2,7,11). The zero-order valence-corrected chi connectivity index (χ0v) is 6.70. The molecular weight excluding hydrogens is 160 g/mol. The number of nitrogens with two attached hydrogens (primary N) is 1. The Bertz CT molecular complexity index is 270. The number of aromatic nitrogens is 2. The fourth-order valence-electron chi connectivity index (χ4n) is 0.704. The highest BCUT2D eigenvalue weighted by Gasteiger charge is 2.01. The number of amides is 1. The Morgan fingerprint density at radius 1 is 1.75 bits per heavy atom. The van der Waals surface area contributed by atoms with E-state index in [1.165, 1.54) is 0 Å². The molecule has 0 spiro atoms. The van der Waals surface area contributed by atoms with Crippen LogP contribution >= 0.6 is 0 Å². The Morgan fingerprint density at radius 3 is 3.00 bits per heavy atom. The molecule has 0 fully saturated rings. The van der Waals surface area contributed by atoms with E-state index in [-0.39, 0.29) is 6.54 Å². The van der Waals surface area contributed by atoms with Gasteiger partial charge in [0.1, 0.15) is 0 Å². The van der Waals surface area contributed by atoms with Gasteiger partial charge in [0.05, 0.1) is 13.1 Å². The van der Waals surface area contributed by atoms with E-state index in [0.29, 0.717) is 18.3 Å². The minimum atomic E-state index is -0.411. The average molecular weight is 170 g/mol. The summed E-state index contributed by atoms with van der Waals surface area (Å²) in [6.07, 6.45) is 0. The third-order valence-electron chi connectivity index (χ3n) is 1.15. The van der Waals surface area contributed by atoms with Crippen LogP contribution in [0.25, 0.3) is 0 Å². The lowest BCUT2D eigenvalue weighted by Gasteiger charge is -1.94. The second-order valence-corrected chi connectivity index (χ2v) is 2.31. The van der Waals surface area contributed by atoms with Gasteiger partial charge in [0, 0.05) is 0 Å². The van der Waals surface area contributed by atoms with E-state index in [0.717, 1.165) is 0 Å². The molecule has 1 aromatic heterocycles.